The number of ether oxygens (including phenoxy) is 1. The molecule has 5 heteroatoms. The third-order valence-corrected chi connectivity index (χ3v) is 2.45. The van der Waals surface area contributed by atoms with Gasteiger partial charge in [-0.05, 0) is 19.1 Å². The molecule has 1 aromatic heterocycles. The van der Waals surface area contributed by atoms with Gasteiger partial charge in [0.25, 0.3) is 0 Å². The van der Waals surface area contributed by atoms with Crippen LogP contribution in [0.25, 0.3) is 11.3 Å². The van der Waals surface area contributed by atoms with Gasteiger partial charge in [-0.25, -0.2) is 9.78 Å². The van der Waals surface area contributed by atoms with E-state index in [1.165, 1.54) is 7.11 Å². The van der Waals surface area contributed by atoms with Gasteiger partial charge in [-0.2, -0.15) is 0 Å². The predicted molar refractivity (Wildman–Crippen MR) is 64.5 cm³/mol. The molecular formula is C12H13N3O2. The lowest BCUT2D eigenvalue weighted by Crippen LogP contribution is -2.03. The fourth-order valence-electron chi connectivity index (χ4n) is 1.58. The Morgan fingerprint density at radius 2 is 2.00 bits per heavy atom. The first-order valence-electron chi connectivity index (χ1n) is 5.12. The van der Waals surface area contributed by atoms with Crippen LogP contribution in [-0.4, -0.2) is 23.0 Å². The molecule has 2 rings (SSSR count). The van der Waals surface area contributed by atoms with E-state index in [9.17, 15) is 4.79 Å². The lowest BCUT2D eigenvalue weighted by molar-refractivity contribution is 0.0588. The van der Waals surface area contributed by atoms with Gasteiger partial charge < -0.3 is 15.5 Å². The van der Waals surface area contributed by atoms with Crippen LogP contribution in [0.4, 0.5) is 5.69 Å². The van der Waals surface area contributed by atoms with E-state index in [0.29, 0.717) is 5.69 Å². The van der Waals surface area contributed by atoms with E-state index < -0.39 is 5.97 Å². The van der Waals surface area contributed by atoms with Crippen LogP contribution in [0.3, 0.4) is 0 Å². The summed E-state index contributed by atoms with van der Waals surface area (Å²) in [4.78, 5) is 18.4. The number of rotatable bonds is 2. The van der Waals surface area contributed by atoms with Gasteiger partial charge in [0.15, 0.2) is 0 Å². The minimum atomic E-state index is -0.477. The molecule has 0 saturated carbocycles. The van der Waals surface area contributed by atoms with Crippen LogP contribution in [0.2, 0.25) is 0 Å². The Morgan fingerprint density at radius 1 is 1.35 bits per heavy atom. The summed E-state index contributed by atoms with van der Waals surface area (Å²) in [6.45, 7) is 1.85. The Labute approximate surface area is 98.6 Å². The SMILES string of the molecule is COC(=O)c1nc(-c2ccc(N)cc2)c(C)[nH]1. The van der Waals surface area contributed by atoms with Gasteiger partial charge >= 0.3 is 5.97 Å². The lowest BCUT2D eigenvalue weighted by Gasteiger charge is -1.98. The molecule has 0 bridgehead atoms. The van der Waals surface area contributed by atoms with Crippen molar-refractivity contribution in [2.45, 2.75) is 6.92 Å². The van der Waals surface area contributed by atoms with Crippen molar-refractivity contribution in [1.82, 2.24) is 9.97 Å². The minimum absolute atomic E-state index is 0.205. The Hall–Kier alpha value is -2.30. The number of nitrogen functional groups attached to an aromatic ring is 1. The largest absolute Gasteiger partial charge is 0.463 e. The summed E-state index contributed by atoms with van der Waals surface area (Å²) in [5.41, 5.74) is 8.75. The number of aromatic amines is 1. The number of imidazole rings is 1. The molecule has 0 atom stereocenters. The number of esters is 1. The van der Waals surface area contributed by atoms with Gasteiger partial charge in [-0.1, -0.05) is 12.1 Å². The Bertz CT molecular complexity index is 543. The quantitative estimate of drug-likeness (QED) is 0.609. The van der Waals surface area contributed by atoms with Gasteiger partial charge in [-0.3, -0.25) is 0 Å². The van der Waals surface area contributed by atoms with Crippen molar-refractivity contribution in [3.05, 3.63) is 35.8 Å². The Morgan fingerprint density at radius 3 is 2.59 bits per heavy atom. The van der Waals surface area contributed by atoms with Gasteiger partial charge in [0.2, 0.25) is 5.82 Å². The first kappa shape index (κ1) is 11.2. The predicted octanol–water partition coefficient (Wildman–Crippen LogP) is 1.75. The molecule has 2 aromatic rings. The number of aryl methyl sites for hydroxylation is 1. The van der Waals surface area contributed by atoms with Gasteiger partial charge in [-0.15, -0.1) is 0 Å². The number of aromatic nitrogens is 2. The third-order valence-electron chi connectivity index (χ3n) is 2.45. The summed E-state index contributed by atoms with van der Waals surface area (Å²) < 4.78 is 4.61. The molecule has 0 radical (unpaired) electrons. The lowest BCUT2D eigenvalue weighted by atomic mass is 10.1. The van der Waals surface area contributed by atoms with E-state index in [2.05, 4.69) is 14.7 Å². The summed E-state index contributed by atoms with van der Waals surface area (Å²) >= 11 is 0. The molecule has 0 unspecified atom stereocenters. The number of hydrogen-bond acceptors (Lipinski definition) is 4. The highest BCUT2D eigenvalue weighted by Gasteiger charge is 2.14. The standard InChI is InChI=1S/C12H13N3O2/c1-7-10(8-3-5-9(13)6-4-8)15-11(14-7)12(16)17-2/h3-6H,13H2,1-2H3,(H,14,15). The second-order valence-electron chi connectivity index (χ2n) is 3.67. The fourth-order valence-corrected chi connectivity index (χ4v) is 1.58. The van der Waals surface area contributed by atoms with E-state index in [-0.39, 0.29) is 5.82 Å². The topological polar surface area (TPSA) is 81.0 Å². The van der Waals surface area contributed by atoms with Crippen LogP contribution >= 0.6 is 0 Å². The number of nitrogens with one attached hydrogen (secondary N) is 1. The summed E-state index contributed by atoms with van der Waals surface area (Å²) in [6.07, 6.45) is 0. The van der Waals surface area contributed by atoms with Crippen molar-refractivity contribution in [3.8, 4) is 11.3 Å². The molecule has 0 spiro atoms. The Kier molecular flexibility index (Phi) is 2.82. The van der Waals surface area contributed by atoms with E-state index in [1.54, 1.807) is 12.1 Å². The summed E-state index contributed by atoms with van der Waals surface area (Å²) in [5, 5.41) is 0. The third kappa shape index (κ3) is 2.13. The number of nitrogens with two attached hydrogens (primary N) is 1. The molecule has 1 heterocycles. The van der Waals surface area contributed by atoms with E-state index in [1.807, 2.05) is 19.1 Å². The molecule has 1 aromatic carbocycles. The summed E-state index contributed by atoms with van der Waals surface area (Å²) in [5.74, 6) is -0.272. The number of methoxy groups -OCH3 is 1. The van der Waals surface area contributed by atoms with Gasteiger partial charge in [0.05, 0.1) is 12.8 Å². The average Bonchev–Trinajstić information content (AvgIpc) is 2.71. The van der Waals surface area contributed by atoms with Crippen LogP contribution in [0.15, 0.2) is 24.3 Å². The van der Waals surface area contributed by atoms with Gasteiger partial charge in [0, 0.05) is 16.9 Å². The maximum absolute atomic E-state index is 11.3. The molecule has 3 N–H and O–H groups in total. The Balaban J connectivity index is 2.42. The molecule has 0 amide bonds. The van der Waals surface area contributed by atoms with Crippen molar-refractivity contribution in [1.29, 1.82) is 0 Å². The second-order valence-corrected chi connectivity index (χ2v) is 3.67. The summed E-state index contributed by atoms with van der Waals surface area (Å²) in [6, 6.07) is 7.31. The normalized spacial score (nSPS) is 10.2. The smallest absolute Gasteiger partial charge is 0.374 e. The van der Waals surface area contributed by atoms with E-state index in [0.717, 1.165) is 17.0 Å². The highest BCUT2D eigenvalue weighted by Crippen LogP contribution is 2.22. The zero-order chi connectivity index (χ0) is 12.4. The first-order chi connectivity index (χ1) is 8.11. The van der Waals surface area contributed by atoms with Gasteiger partial charge in [0.1, 0.15) is 0 Å². The number of carbonyl (C=O) groups excluding carboxylic acids is 1. The van der Waals surface area contributed by atoms with Crippen LogP contribution in [0.1, 0.15) is 16.3 Å². The number of nitrogens with zero attached hydrogens (tertiary/aromatic N) is 1. The number of anilines is 1. The van der Waals surface area contributed by atoms with Crippen molar-refractivity contribution in [2.24, 2.45) is 0 Å². The number of H-pyrrole nitrogens is 1. The summed E-state index contributed by atoms with van der Waals surface area (Å²) in [7, 11) is 1.32. The molecule has 0 fully saturated rings. The molecule has 88 valence electrons. The molecule has 0 saturated heterocycles. The average molecular weight is 231 g/mol. The zero-order valence-electron chi connectivity index (χ0n) is 9.65. The van der Waals surface area contributed by atoms with Crippen molar-refractivity contribution in [2.75, 3.05) is 12.8 Å². The van der Waals surface area contributed by atoms with Crippen LogP contribution in [-0.2, 0) is 4.74 Å². The minimum Gasteiger partial charge on any atom is -0.463 e. The number of carbonyl (C=O) groups is 1. The van der Waals surface area contributed by atoms with Crippen molar-refractivity contribution < 1.29 is 9.53 Å². The van der Waals surface area contributed by atoms with E-state index >= 15 is 0 Å². The fraction of sp³-hybridized carbons (Fsp3) is 0.167. The second kappa shape index (κ2) is 4.29. The first-order valence-corrected chi connectivity index (χ1v) is 5.12. The van der Waals surface area contributed by atoms with Crippen molar-refractivity contribution in [3.63, 3.8) is 0 Å². The zero-order valence-corrected chi connectivity index (χ0v) is 9.65. The highest BCUT2D eigenvalue weighted by atomic mass is 16.5. The van der Waals surface area contributed by atoms with Crippen LogP contribution < -0.4 is 5.73 Å². The molecular weight excluding hydrogens is 218 g/mol. The monoisotopic (exact) mass is 231 g/mol. The molecule has 0 aliphatic heterocycles. The molecule has 0 aliphatic carbocycles. The molecule has 17 heavy (non-hydrogen) atoms. The number of hydrogen-bond donors (Lipinski definition) is 2. The van der Waals surface area contributed by atoms with E-state index in [4.69, 9.17) is 5.73 Å². The van der Waals surface area contributed by atoms with Crippen LogP contribution in [0.5, 0.6) is 0 Å². The molecule has 0 aliphatic rings. The highest BCUT2D eigenvalue weighted by molar-refractivity contribution is 5.86. The van der Waals surface area contributed by atoms with Crippen molar-refractivity contribution >= 4 is 11.7 Å². The number of benzene rings is 1. The maximum atomic E-state index is 11.3. The molecule has 5 nitrogen and oxygen atoms in total. The maximum Gasteiger partial charge on any atom is 0.374 e. The van der Waals surface area contributed by atoms with Crippen LogP contribution in [0, 0.1) is 6.92 Å².